The highest BCUT2D eigenvalue weighted by Crippen LogP contribution is 2.29. The van der Waals surface area contributed by atoms with E-state index in [1.165, 1.54) is 11.1 Å². The second kappa shape index (κ2) is 4.09. The smallest absolute Gasteiger partial charge is 0.159 e. The van der Waals surface area contributed by atoms with Crippen molar-refractivity contribution in [3.8, 4) is 11.4 Å². The molecule has 3 aromatic rings. The van der Waals surface area contributed by atoms with Gasteiger partial charge < -0.3 is 10.3 Å². The molecule has 2 aromatic heterocycles. The van der Waals surface area contributed by atoms with Crippen LogP contribution in [0.15, 0.2) is 30.5 Å². The Balaban J connectivity index is 2.33. The summed E-state index contributed by atoms with van der Waals surface area (Å²) in [5, 5.41) is 0. The first-order valence-corrected chi connectivity index (χ1v) is 6.22. The summed E-state index contributed by atoms with van der Waals surface area (Å²) in [6.07, 6.45) is 1.78. The number of nitrogen functional groups attached to an aromatic ring is 1. The minimum absolute atomic E-state index is 0.762. The van der Waals surface area contributed by atoms with Crippen LogP contribution in [0, 0.1) is 13.8 Å². The van der Waals surface area contributed by atoms with E-state index in [2.05, 4.69) is 23.8 Å². The van der Waals surface area contributed by atoms with Crippen molar-refractivity contribution < 1.29 is 0 Å². The van der Waals surface area contributed by atoms with Crippen molar-refractivity contribution in [2.24, 2.45) is 7.05 Å². The molecule has 4 nitrogen and oxygen atoms in total. The molecule has 0 atom stereocenters. The minimum Gasteiger partial charge on any atom is -0.399 e. The van der Waals surface area contributed by atoms with Crippen molar-refractivity contribution in [1.82, 2.24) is 14.5 Å². The molecule has 2 heterocycles. The first-order valence-electron chi connectivity index (χ1n) is 6.22. The molecule has 0 unspecified atom stereocenters. The van der Waals surface area contributed by atoms with Crippen LogP contribution in [0.1, 0.15) is 11.1 Å². The zero-order valence-electron chi connectivity index (χ0n) is 11.3. The van der Waals surface area contributed by atoms with Crippen LogP contribution in [-0.4, -0.2) is 14.5 Å². The van der Waals surface area contributed by atoms with Crippen molar-refractivity contribution in [2.45, 2.75) is 13.8 Å². The molecular formula is C15H16N4. The second-order valence-electron chi connectivity index (χ2n) is 4.85. The number of hydrogen-bond donors (Lipinski definition) is 1. The predicted molar refractivity (Wildman–Crippen MR) is 77.8 cm³/mol. The van der Waals surface area contributed by atoms with E-state index in [9.17, 15) is 0 Å². The topological polar surface area (TPSA) is 56.7 Å². The Labute approximate surface area is 111 Å². The van der Waals surface area contributed by atoms with Crippen molar-refractivity contribution in [2.75, 3.05) is 5.73 Å². The number of hydrogen-bond acceptors (Lipinski definition) is 3. The highest BCUT2D eigenvalue weighted by molar-refractivity contribution is 5.79. The van der Waals surface area contributed by atoms with Gasteiger partial charge in [0.25, 0.3) is 0 Å². The summed E-state index contributed by atoms with van der Waals surface area (Å²) in [7, 11) is 1.98. The van der Waals surface area contributed by atoms with Gasteiger partial charge in [0.1, 0.15) is 11.3 Å². The fraction of sp³-hybridized carbons (Fsp3) is 0.200. The van der Waals surface area contributed by atoms with Gasteiger partial charge in [0.05, 0.1) is 0 Å². The van der Waals surface area contributed by atoms with Crippen molar-refractivity contribution in [3.63, 3.8) is 0 Å². The zero-order valence-corrected chi connectivity index (χ0v) is 11.3. The number of nitrogens with zero attached hydrogens (tertiary/aromatic N) is 3. The normalized spacial score (nSPS) is 11.1. The number of aromatic nitrogens is 3. The Hall–Kier alpha value is -2.36. The van der Waals surface area contributed by atoms with Crippen molar-refractivity contribution in [1.29, 1.82) is 0 Å². The monoisotopic (exact) mass is 252 g/mol. The lowest BCUT2D eigenvalue weighted by Crippen LogP contribution is -1.98. The third kappa shape index (κ3) is 1.76. The molecule has 1 aromatic carbocycles. The summed E-state index contributed by atoms with van der Waals surface area (Å²) in [5.41, 5.74) is 12.0. The van der Waals surface area contributed by atoms with Gasteiger partial charge in [0.2, 0.25) is 0 Å². The zero-order chi connectivity index (χ0) is 13.6. The molecule has 96 valence electrons. The number of rotatable bonds is 1. The average Bonchev–Trinajstić information content (AvgIpc) is 2.72. The molecule has 0 aliphatic heterocycles. The SMILES string of the molecule is Cc1cc(N)cc(-c2nc3cccnc3n2C)c1C. The summed E-state index contributed by atoms with van der Waals surface area (Å²) in [4.78, 5) is 9.04. The molecule has 0 saturated carbocycles. The molecule has 0 saturated heterocycles. The average molecular weight is 252 g/mol. The molecule has 0 aliphatic carbocycles. The van der Waals surface area contributed by atoms with Gasteiger partial charge in [-0.25, -0.2) is 9.97 Å². The fourth-order valence-electron chi connectivity index (χ4n) is 2.38. The van der Waals surface area contributed by atoms with Gasteiger partial charge in [-0.1, -0.05) is 0 Å². The predicted octanol–water partition coefficient (Wildman–Crippen LogP) is 2.83. The summed E-state index contributed by atoms with van der Waals surface area (Å²) < 4.78 is 2.01. The molecule has 0 fully saturated rings. The maximum Gasteiger partial charge on any atom is 0.159 e. The third-order valence-corrected chi connectivity index (χ3v) is 3.56. The van der Waals surface area contributed by atoms with Gasteiger partial charge in [0.15, 0.2) is 5.65 Å². The van der Waals surface area contributed by atoms with Crippen molar-refractivity contribution >= 4 is 16.9 Å². The Morgan fingerprint density at radius 2 is 2.00 bits per heavy atom. The Bertz CT molecular complexity index is 771. The van der Waals surface area contributed by atoms with E-state index in [1.54, 1.807) is 6.20 Å². The maximum atomic E-state index is 5.96. The molecule has 0 bridgehead atoms. The van der Waals surface area contributed by atoms with E-state index in [1.807, 2.05) is 35.9 Å². The van der Waals surface area contributed by atoms with Gasteiger partial charge in [-0.05, 0) is 49.2 Å². The largest absolute Gasteiger partial charge is 0.399 e. The first kappa shape index (κ1) is 11.7. The second-order valence-corrected chi connectivity index (χ2v) is 4.85. The molecule has 4 heteroatoms. The molecule has 0 spiro atoms. The molecule has 19 heavy (non-hydrogen) atoms. The molecule has 0 radical (unpaired) electrons. The molecule has 0 amide bonds. The fourth-order valence-corrected chi connectivity index (χ4v) is 2.38. The van der Waals surface area contributed by atoms with Crippen LogP contribution < -0.4 is 5.73 Å². The molecule has 0 aliphatic rings. The Morgan fingerprint density at radius 3 is 2.74 bits per heavy atom. The molecular weight excluding hydrogens is 236 g/mol. The third-order valence-electron chi connectivity index (χ3n) is 3.56. The van der Waals surface area contributed by atoms with Crippen LogP contribution in [0.4, 0.5) is 5.69 Å². The number of pyridine rings is 1. The van der Waals surface area contributed by atoms with Gasteiger partial charge in [-0.2, -0.15) is 0 Å². The Morgan fingerprint density at radius 1 is 1.21 bits per heavy atom. The molecule has 3 rings (SSSR count). The lowest BCUT2D eigenvalue weighted by Gasteiger charge is -2.10. The molecule has 2 N–H and O–H groups in total. The minimum atomic E-state index is 0.762. The number of imidazole rings is 1. The van der Waals surface area contributed by atoms with E-state index in [4.69, 9.17) is 5.73 Å². The van der Waals surface area contributed by atoms with E-state index < -0.39 is 0 Å². The van der Waals surface area contributed by atoms with Crippen LogP contribution in [0.25, 0.3) is 22.6 Å². The van der Waals surface area contributed by atoms with Crippen LogP contribution in [0.5, 0.6) is 0 Å². The summed E-state index contributed by atoms with van der Waals surface area (Å²) >= 11 is 0. The quantitative estimate of drug-likeness (QED) is 0.677. The van der Waals surface area contributed by atoms with Gasteiger partial charge in [0, 0.05) is 24.5 Å². The van der Waals surface area contributed by atoms with Gasteiger partial charge in [-0.15, -0.1) is 0 Å². The lowest BCUT2D eigenvalue weighted by molar-refractivity contribution is 0.940. The van der Waals surface area contributed by atoms with E-state index in [-0.39, 0.29) is 0 Å². The summed E-state index contributed by atoms with van der Waals surface area (Å²) in [5.74, 6) is 0.904. The first-order chi connectivity index (χ1) is 9.08. The summed E-state index contributed by atoms with van der Waals surface area (Å²) in [6, 6.07) is 7.83. The number of fused-ring (bicyclic) bond motifs is 1. The maximum absolute atomic E-state index is 5.96. The van der Waals surface area contributed by atoms with Gasteiger partial charge in [-0.3, -0.25) is 0 Å². The number of aryl methyl sites for hydroxylation is 2. The van der Waals surface area contributed by atoms with Gasteiger partial charge >= 0.3 is 0 Å². The summed E-state index contributed by atoms with van der Waals surface area (Å²) in [6.45, 7) is 4.16. The van der Waals surface area contributed by atoms with E-state index >= 15 is 0 Å². The van der Waals surface area contributed by atoms with Crippen LogP contribution in [-0.2, 0) is 7.05 Å². The Kier molecular flexibility index (Phi) is 2.52. The number of benzene rings is 1. The van der Waals surface area contributed by atoms with Crippen molar-refractivity contribution in [3.05, 3.63) is 41.6 Å². The van der Waals surface area contributed by atoms with Crippen LogP contribution in [0.3, 0.4) is 0 Å². The standard InChI is InChI=1S/C15H16N4/c1-9-7-11(16)8-12(10(9)2)14-18-13-5-4-6-17-15(13)19(14)3/h4-8H,16H2,1-3H3. The highest BCUT2D eigenvalue weighted by atomic mass is 15.1. The van der Waals surface area contributed by atoms with E-state index in [0.29, 0.717) is 0 Å². The number of nitrogens with two attached hydrogens (primary N) is 1. The highest BCUT2D eigenvalue weighted by Gasteiger charge is 2.13. The lowest BCUT2D eigenvalue weighted by atomic mass is 10.0. The van der Waals surface area contributed by atoms with Crippen LogP contribution >= 0.6 is 0 Å². The van der Waals surface area contributed by atoms with Crippen LogP contribution in [0.2, 0.25) is 0 Å². The number of anilines is 1. The van der Waals surface area contributed by atoms with E-state index in [0.717, 1.165) is 28.2 Å².